The maximum atomic E-state index is 10.8. The van der Waals surface area contributed by atoms with E-state index in [1.165, 1.54) is 30.9 Å². The van der Waals surface area contributed by atoms with E-state index in [0.29, 0.717) is 11.3 Å². The summed E-state index contributed by atoms with van der Waals surface area (Å²) in [6, 6.07) is 6.20. The van der Waals surface area contributed by atoms with Crippen molar-refractivity contribution in [1.29, 1.82) is 0 Å². The van der Waals surface area contributed by atoms with Crippen LogP contribution in [0.25, 0.3) is 0 Å². The molecule has 0 fully saturated rings. The third kappa shape index (κ3) is 3.19. The van der Waals surface area contributed by atoms with Gasteiger partial charge < -0.3 is 5.73 Å². The summed E-state index contributed by atoms with van der Waals surface area (Å²) in [4.78, 5) is 18.1. The van der Waals surface area contributed by atoms with Gasteiger partial charge in [-0.2, -0.15) is 5.10 Å². The molecule has 8 nitrogen and oxygen atoms in total. The summed E-state index contributed by atoms with van der Waals surface area (Å²) in [5.74, 6) is 0.0768. The molecule has 8 heteroatoms. The van der Waals surface area contributed by atoms with Gasteiger partial charge in [0.05, 0.1) is 22.9 Å². The Balaban J connectivity index is 2.21. The smallest absolute Gasteiger partial charge is 0.278 e. The van der Waals surface area contributed by atoms with Gasteiger partial charge in [0.15, 0.2) is 5.84 Å². The number of nitro benzene ring substituents is 1. The van der Waals surface area contributed by atoms with Gasteiger partial charge >= 0.3 is 0 Å². The first-order chi connectivity index (χ1) is 9.68. The molecule has 0 saturated heterocycles. The van der Waals surface area contributed by atoms with Gasteiger partial charge in [-0.1, -0.05) is 12.1 Å². The van der Waals surface area contributed by atoms with Crippen LogP contribution in [0.2, 0.25) is 0 Å². The summed E-state index contributed by atoms with van der Waals surface area (Å²) in [5, 5.41) is 18.3. The summed E-state index contributed by atoms with van der Waals surface area (Å²) in [5.41, 5.74) is 6.33. The van der Waals surface area contributed by atoms with Gasteiger partial charge in [-0.3, -0.25) is 15.1 Å². The summed E-state index contributed by atoms with van der Waals surface area (Å²) in [6.07, 6.45) is 5.69. The highest BCUT2D eigenvalue weighted by Crippen LogP contribution is 2.15. The number of nitrogens with two attached hydrogens (primary N) is 1. The first kappa shape index (κ1) is 13.3. The molecule has 0 radical (unpaired) electrons. The fourth-order valence-electron chi connectivity index (χ4n) is 1.40. The number of hydrogen-bond acceptors (Lipinski definition) is 6. The second-order valence-electron chi connectivity index (χ2n) is 3.64. The van der Waals surface area contributed by atoms with Crippen LogP contribution < -0.4 is 5.73 Å². The molecule has 0 bridgehead atoms. The molecule has 0 aliphatic rings. The van der Waals surface area contributed by atoms with E-state index >= 15 is 0 Å². The van der Waals surface area contributed by atoms with Gasteiger partial charge in [-0.15, -0.1) is 5.10 Å². The second kappa shape index (κ2) is 6.14. The van der Waals surface area contributed by atoms with Crippen molar-refractivity contribution >= 4 is 17.7 Å². The van der Waals surface area contributed by atoms with Crippen molar-refractivity contribution in [3.63, 3.8) is 0 Å². The normalized spacial score (nSPS) is 11.7. The van der Waals surface area contributed by atoms with Crippen LogP contribution in [0.3, 0.4) is 0 Å². The van der Waals surface area contributed by atoms with Crippen molar-refractivity contribution < 1.29 is 4.92 Å². The Bertz CT molecular complexity index is 669. The summed E-state index contributed by atoms with van der Waals surface area (Å²) in [7, 11) is 0. The topological polar surface area (TPSA) is 120 Å². The van der Waals surface area contributed by atoms with Gasteiger partial charge in [0.25, 0.3) is 5.69 Å². The molecule has 2 rings (SSSR count). The van der Waals surface area contributed by atoms with Crippen LogP contribution in [0.1, 0.15) is 11.3 Å². The van der Waals surface area contributed by atoms with E-state index in [2.05, 4.69) is 20.2 Å². The molecule has 0 aliphatic carbocycles. The summed E-state index contributed by atoms with van der Waals surface area (Å²) >= 11 is 0. The Hall–Kier alpha value is -3.16. The van der Waals surface area contributed by atoms with Gasteiger partial charge in [-0.25, -0.2) is 4.98 Å². The number of nitrogens with zero attached hydrogens (tertiary/aromatic N) is 5. The Morgan fingerprint density at radius 3 is 2.85 bits per heavy atom. The third-order valence-electron chi connectivity index (χ3n) is 2.32. The lowest BCUT2D eigenvalue weighted by Gasteiger charge is -1.96. The Kier molecular flexibility index (Phi) is 4.07. The van der Waals surface area contributed by atoms with Crippen molar-refractivity contribution in [3.05, 3.63) is 64.2 Å². The minimum atomic E-state index is -0.489. The molecular formula is C12H10N6O2. The van der Waals surface area contributed by atoms with Crippen LogP contribution in [-0.4, -0.2) is 26.9 Å². The maximum Gasteiger partial charge on any atom is 0.278 e. The van der Waals surface area contributed by atoms with Crippen LogP contribution in [-0.2, 0) is 0 Å². The zero-order valence-corrected chi connectivity index (χ0v) is 10.2. The fourth-order valence-corrected chi connectivity index (χ4v) is 1.40. The quantitative estimate of drug-likeness (QED) is 0.386. The average molecular weight is 270 g/mol. The van der Waals surface area contributed by atoms with Gasteiger partial charge in [0.1, 0.15) is 5.69 Å². The molecule has 100 valence electrons. The van der Waals surface area contributed by atoms with Crippen LogP contribution in [0, 0.1) is 10.1 Å². The van der Waals surface area contributed by atoms with E-state index in [0.717, 1.165) is 0 Å². The zero-order chi connectivity index (χ0) is 14.4. The first-order valence-electron chi connectivity index (χ1n) is 5.55. The SMILES string of the molecule is NC(=N/N=C\c1ccccc1[N+](=O)[O-])c1cnccn1. The lowest BCUT2D eigenvalue weighted by Crippen LogP contribution is -2.14. The number of para-hydroxylation sites is 1. The third-order valence-corrected chi connectivity index (χ3v) is 2.32. The number of nitro groups is 1. The van der Waals surface area contributed by atoms with Gasteiger partial charge in [0, 0.05) is 18.5 Å². The summed E-state index contributed by atoms with van der Waals surface area (Å²) in [6.45, 7) is 0. The molecule has 2 aromatic rings. The number of amidine groups is 1. The minimum Gasteiger partial charge on any atom is -0.380 e. The first-order valence-corrected chi connectivity index (χ1v) is 5.55. The second-order valence-corrected chi connectivity index (χ2v) is 3.64. The van der Waals surface area contributed by atoms with Crippen molar-refractivity contribution in [1.82, 2.24) is 9.97 Å². The predicted molar refractivity (Wildman–Crippen MR) is 73.4 cm³/mol. The monoisotopic (exact) mass is 270 g/mol. The van der Waals surface area contributed by atoms with E-state index in [9.17, 15) is 10.1 Å². The molecule has 20 heavy (non-hydrogen) atoms. The van der Waals surface area contributed by atoms with Crippen LogP contribution in [0.15, 0.2) is 53.1 Å². The molecule has 2 N–H and O–H groups in total. The molecule has 1 aromatic heterocycles. The number of benzene rings is 1. The highest BCUT2D eigenvalue weighted by molar-refractivity contribution is 5.95. The molecule has 1 aromatic carbocycles. The Morgan fingerprint density at radius 1 is 1.35 bits per heavy atom. The van der Waals surface area contributed by atoms with Gasteiger partial charge in [0.2, 0.25) is 0 Å². The average Bonchev–Trinajstić information content (AvgIpc) is 2.48. The number of hydrogen-bond donors (Lipinski definition) is 1. The van der Waals surface area contributed by atoms with E-state index in [1.54, 1.807) is 18.2 Å². The molecule has 0 aliphatic heterocycles. The Labute approximate surface area is 113 Å². The standard InChI is InChI=1S/C12H10N6O2/c13-12(10-8-14-5-6-15-10)17-16-7-9-3-1-2-4-11(9)18(19)20/h1-8H,(H2,13,17)/b16-7-. The van der Waals surface area contributed by atoms with Gasteiger partial charge in [-0.05, 0) is 6.07 Å². The zero-order valence-electron chi connectivity index (χ0n) is 10.2. The van der Waals surface area contributed by atoms with E-state index < -0.39 is 4.92 Å². The fraction of sp³-hybridized carbons (Fsp3) is 0. The maximum absolute atomic E-state index is 10.8. The highest BCUT2D eigenvalue weighted by atomic mass is 16.6. The van der Waals surface area contributed by atoms with Crippen molar-refractivity contribution in [2.24, 2.45) is 15.9 Å². The van der Waals surface area contributed by atoms with Crippen LogP contribution in [0.5, 0.6) is 0 Å². The number of aromatic nitrogens is 2. The van der Waals surface area contributed by atoms with Crippen molar-refractivity contribution in [2.45, 2.75) is 0 Å². The van der Waals surface area contributed by atoms with Crippen LogP contribution in [0.4, 0.5) is 5.69 Å². The molecule has 0 spiro atoms. The molecule has 0 amide bonds. The molecular weight excluding hydrogens is 260 g/mol. The lowest BCUT2D eigenvalue weighted by molar-refractivity contribution is -0.385. The highest BCUT2D eigenvalue weighted by Gasteiger charge is 2.09. The Morgan fingerprint density at radius 2 is 2.15 bits per heavy atom. The minimum absolute atomic E-state index is 0.0514. The molecule has 1 heterocycles. The molecule has 0 atom stereocenters. The van der Waals surface area contributed by atoms with E-state index in [1.807, 2.05) is 0 Å². The molecule has 0 unspecified atom stereocenters. The van der Waals surface area contributed by atoms with E-state index in [-0.39, 0.29) is 11.5 Å². The van der Waals surface area contributed by atoms with E-state index in [4.69, 9.17) is 5.73 Å². The van der Waals surface area contributed by atoms with Crippen molar-refractivity contribution in [2.75, 3.05) is 0 Å². The number of rotatable bonds is 4. The summed E-state index contributed by atoms with van der Waals surface area (Å²) < 4.78 is 0. The predicted octanol–water partition coefficient (Wildman–Crippen LogP) is 1.12. The lowest BCUT2D eigenvalue weighted by atomic mass is 10.2. The van der Waals surface area contributed by atoms with Crippen molar-refractivity contribution in [3.8, 4) is 0 Å². The largest absolute Gasteiger partial charge is 0.380 e. The molecule has 0 saturated carbocycles. The van der Waals surface area contributed by atoms with Crippen LogP contribution >= 0.6 is 0 Å².